The molecule has 82 valence electrons. The first kappa shape index (κ1) is 10.4. The van der Waals surface area contributed by atoms with Gasteiger partial charge in [0.1, 0.15) is 0 Å². The SMILES string of the molecule is CCNC(CC1(OC)CCC1)C1CC1. The van der Waals surface area contributed by atoms with Crippen LogP contribution >= 0.6 is 0 Å². The van der Waals surface area contributed by atoms with Crippen molar-refractivity contribution in [1.29, 1.82) is 0 Å². The molecule has 0 radical (unpaired) electrons. The van der Waals surface area contributed by atoms with E-state index < -0.39 is 0 Å². The fourth-order valence-corrected chi connectivity index (χ4v) is 2.63. The lowest BCUT2D eigenvalue weighted by Gasteiger charge is -2.43. The van der Waals surface area contributed by atoms with Crippen LogP contribution in [0.25, 0.3) is 0 Å². The van der Waals surface area contributed by atoms with Crippen molar-refractivity contribution in [2.45, 2.75) is 57.1 Å². The Morgan fingerprint density at radius 3 is 2.50 bits per heavy atom. The van der Waals surface area contributed by atoms with Gasteiger partial charge in [0.25, 0.3) is 0 Å². The van der Waals surface area contributed by atoms with E-state index in [0.29, 0.717) is 0 Å². The Kier molecular flexibility index (Phi) is 3.13. The van der Waals surface area contributed by atoms with E-state index in [1.807, 2.05) is 7.11 Å². The van der Waals surface area contributed by atoms with Crippen LogP contribution in [-0.4, -0.2) is 25.3 Å². The van der Waals surface area contributed by atoms with Crippen molar-refractivity contribution in [3.05, 3.63) is 0 Å². The summed E-state index contributed by atoms with van der Waals surface area (Å²) < 4.78 is 5.69. The topological polar surface area (TPSA) is 21.3 Å². The zero-order valence-electron chi connectivity index (χ0n) is 9.51. The molecular weight excluding hydrogens is 174 g/mol. The van der Waals surface area contributed by atoms with E-state index in [4.69, 9.17) is 4.74 Å². The fourth-order valence-electron chi connectivity index (χ4n) is 2.63. The van der Waals surface area contributed by atoms with Gasteiger partial charge >= 0.3 is 0 Å². The Balaban J connectivity index is 1.85. The van der Waals surface area contributed by atoms with Crippen LogP contribution in [0.4, 0.5) is 0 Å². The molecular formula is C12H23NO. The van der Waals surface area contributed by atoms with Crippen LogP contribution < -0.4 is 5.32 Å². The molecule has 0 aliphatic heterocycles. The van der Waals surface area contributed by atoms with Crippen molar-refractivity contribution < 1.29 is 4.74 Å². The zero-order chi connectivity index (χ0) is 10.0. The van der Waals surface area contributed by atoms with E-state index in [9.17, 15) is 0 Å². The molecule has 0 amide bonds. The summed E-state index contributed by atoms with van der Waals surface area (Å²) in [6, 6.07) is 0.722. The second-order valence-electron chi connectivity index (χ2n) is 4.95. The van der Waals surface area contributed by atoms with Crippen molar-refractivity contribution in [3.8, 4) is 0 Å². The van der Waals surface area contributed by atoms with E-state index in [0.717, 1.165) is 18.5 Å². The van der Waals surface area contributed by atoms with Gasteiger partial charge in [-0.05, 0) is 51.0 Å². The predicted octanol–water partition coefficient (Wildman–Crippen LogP) is 2.33. The maximum Gasteiger partial charge on any atom is 0.0693 e. The monoisotopic (exact) mass is 197 g/mol. The lowest BCUT2D eigenvalue weighted by molar-refractivity contribution is -0.0846. The van der Waals surface area contributed by atoms with Crippen LogP contribution in [0.15, 0.2) is 0 Å². The number of hydrogen-bond acceptors (Lipinski definition) is 2. The van der Waals surface area contributed by atoms with E-state index >= 15 is 0 Å². The molecule has 0 aromatic carbocycles. The highest BCUT2D eigenvalue weighted by Crippen LogP contribution is 2.43. The minimum atomic E-state index is 0.245. The second-order valence-corrected chi connectivity index (χ2v) is 4.95. The standard InChI is InChI=1S/C12H23NO/c1-3-13-11(10-5-6-10)9-12(14-2)7-4-8-12/h10-11,13H,3-9H2,1-2H3. The summed E-state index contributed by atoms with van der Waals surface area (Å²) >= 11 is 0. The highest BCUT2D eigenvalue weighted by atomic mass is 16.5. The van der Waals surface area contributed by atoms with E-state index in [-0.39, 0.29) is 5.60 Å². The van der Waals surface area contributed by atoms with Crippen LogP contribution in [0.2, 0.25) is 0 Å². The Morgan fingerprint density at radius 1 is 1.43 bits per heavy atom. The third-order valence-electron chi connectivity index (χ3n) is 3.95. The molecule has 0 saturated heterocycles. The largest absolute Gasteiger partial charge is 0.378 e. The van der Waals surface area contributed by atoms with Crippen LogP contribution in [-0.2, 0) is 4.74 Å². The Bertz CT molecular complexity index is 179. The molecule has 2 aliphatic carbocycles. The molecule has 2 fully saturated rings. The van der Waals surface area contributed by atoms with Gasteiger partial charge in [-0.3, -0.25) is 0 Å². The Morgan fingerprint density at radius 2 is 2.14 bits per heavy atom. The van der Waals surface area contributed by atoms with Gasteiger partial charge in [0, 0.05) is 13.2 Å². The maximum atomic E-state index is 5.69. The van der Waals surface area contributed by atoms with Crippen LogP contribution in [0.5, 0.6) is 0 Å². The molecule has 0 aromatic heterocycles. The summed E-state index contributed by atoms with van der Waals surface area (Å²) in [4.78, 5) is 0. The number of rotatable bonds is 6. The smallest absolute Gasteiger partial charge is 0.0693 e. The number of methoxy groups -OCH3 is 1. The van der Waals surface area contributed by atoms with Gasteiger partial charge in [-0.1, -0.05) is 6.92 Å². The average Bonchev–Trinajstić information content (AvgIpc) is 2.92. The van der Waals surface area contributed by atoms with Crippen molar-refractivity contribution in [1.82, 2.24) is 5.32 Å². The molecule has 14 heavy (non-hydrogen) atoms. The van der Waals surface area contributed by atoms with Gasteiger partial charge in [0.2, 0.25) is 0 Å². The molecule has 2 aliphatic rings. The van der Waals surface area contributed by atoms with Gasteiger partial charge in [0.05, 0.1) is 5.60 Å². The van der Waals surface area contributed by atoms with Gasteiger partial charge in [-0.15, -0.1) is 0 Å². The molecule has 0 heterocycles. The lowest BCUT2D eigenvalue weighted by Crippen LogP contribution is -2.46. The summed E-state index contributed by atoms with van der Waals surface area (Å²) in [5.74, 6) is 0.947. The van der Waals surface area contributed by atoms with Crippen molar-refractivity contribution >= 4 is 0 Å². The van der Waals surface area contributed by atoms with Gasteiger partial charge < -0.3 is 10.1 Å². The van der Waals surface area contributed by atoms with Crippen molar-refractivity contribution in [2.75, 3.05) is 13.7 Å². The lowest BCUT2D eigenvalue weighted by atomic mass is 9.75. The summed E-state index contributed by atoms with van der Waals surface area (Å²) in [6.07, 6.45) is 8.00. The molecule has 0 bridgehead atoms. The Labute approximate surface area is 87.4 Å². The first-order valence-corrected chi connectivity index (χ1v) is 6.08. The number of nitrogens with one attached hydrogen (secondary N) is 1. The summed E-state index contributed by atoms with van der Waals surface area (Å²) in [6.45, 7) is 3.30. The molecule has 0 aromatic rings. The maximum absolute atomic E-state index is 5.69. The van der Waals surface area contributed by atoms with Gasteiger partial charge in [-0.25, -0.2) is 0 Å². The Hall–Kier alpha value is -0.0800. The number of hydrogen-bond donors (Lipinski definition) is 1. The van der Waals surface area contributed by atoms with Crippen LogP contribution in [0.3, 0.4) is 0 Å². The summed E-state index contributed by atoms with van der Waals surface area (Å²) in [5, 5.41) is 3.62. The molecule has 1 atom stereocenters. The first-order valence-electron chi connectivity index (χ1n) is 6.08. The van der Waals surface area contributed by atoms with E-state index in [1.54, 1.807) is 0 Å². The molecule has 2 nitrogen and oxygen atoms in total. The van der Waals surface area contributed by atoms with Crippen molar-refractivity contribution in [2.24, 2.45) is 5.92 Å². The molecule has 2 heteroatoms. The van der Waals surface area contributed by atoms with E-state index in [2.05, 4.69) is 12.2 Å². The minimum absolute atomic E-state index is 0.245. The minimum Gasteiger partial charge on any atom is -0.378 e. The van der Waals surface area contributed by atoms with Gasteiger partial charge in [-0.2, -0.15) is 0 Å². The quantitative estimate of drug-likeness (QED) is 0.705. The third-order valence-corrected chi connectivity index (χ3v) is 3.95. The average molecular weight is 197 g/mol. The summed E-state index contributed by atoms with van der Waals surface area (Å²) in [5.41, 5.74) is 0.245. The zero-order valence-corrected chi connectivity index (χ0v) is 9.51. The molecule has 2 rings (SSSR count). The van der Waals surface area contributed by atoms with Crippen LogP contribution in [0.1, 0.15) is 45.4 Å². The molecule has 1 N–H and O–H groups in total. The molecule has 1 unspecified atom stereocenters. The van der Waals surface area contributed by atoms with Crippen LogP contribution in [0, 0.1) is 5.92 Å². The number of ether oxygens (including phenoxy) is 1. The summed E-state index contributed by atoms with van der Waals surface area (Å²) in [7, 11) is 1.88. The second kappa shape index (κ2) is 4.19. The fraction of sp³-hybridized carbons (Fsp3) is 1.00. The van der Waals surface area contributed by atoms with E-state index in [1.165, 1.54) is 38.5 Å². The highest BCUT2D eigenvalue weighted by molar-refractivity contribution is 4.97. The third kappa shape index (κ3) is 2.12. The molecule has 2 saturated carbocycles. The van der Waals surface area contributed by atoms with Gasteiger partial charge in [0.15, 0.2) is 0 Å². The van der Waals surface area contributed by atoms with Crippen molar-refractivity contribution in [3.63, 3.8) is 0 Å². The highest BCUT2D eigenvalue weighted by Gasteiger charge is 2.42. The predicted molar refractivity (Wildman–Crippen MR) is 58.4 cm³/mol. The first-order chi connectivity index (χ1) is 6.79. The normalized spacial score (nSPS) is 27.0. The molecule has 0 spiro atoms.